The Morgan fingerprint density at radius 3 is 2.35 bits per heavy atom. The highest BCUT2D eigenvalue weighted by Crippen LogP contribution is 2.07. The zero-order valence-electron chi connectivity index (χ0n) is 11.7. The lowest BCUT2D eigenvalue weighted by Crippen LogP contribution is -2.10. The third-order valence-electron chi connectivity index (χ3n) is 2.49. The van der Waals surface area contributed by atoms with Gasteiger partial charge in [0.05, 0.1) is 6.10 Å². The SMILES string of the molecule is CCC/C=C/CCCCCCC(=O)OC(C)C. The lowest BCUT2D eigenvalue weighted by atomic mass is 10.1. The van der Waals surface area contributed by atoms with Crippen molar-refractivity contribution in [3.05, 3.63) is 12.2 Å². The van der Waals surface area contributed by atoms with E-state index in [0.29, 0.717) is 6.42 Å². The molecule has 0 heterocycles. The summed E-state index contributed by atoms with van der Waals surface area (Å²) in [7, 11) is 0. The van der Waals surface area contributed by atoms with E-state index in [1.807, 2.05) is 13.8 Å². The number of allylic oxidation sites excluding steroid dienone is 2. The maximum Gasteiger partial charge on any atom is 0.306 e. The Labute approximate surface area is 106 Å². The second-order valence-electron chi connectivity index (χ2n) is 4.75. The summed E-state index contributed by atoms with van der Waals surface area (Å²) in [5.74, 6) is -0.0529. The molecular formula is C15H28O2. The standard InChI is InChI=1S/C15H28O2/c1-4-5-6-7-8-9-10-11-12-13-15(16)17-14(2)3/h6-7,14H,4-5,8-13H2,1-3H3/b7-6+. The number of ether oxygens (including phenoxy) is 1. The van der Waals surface area contributed by atoms with Gasteiger partial charge in [-0.15, -0.1) is 0 Å². The van der Waals surface area contributed by atoms with Crippen molar-refractivity contribution >= 4 is 5.97 Å². The third-order valence-corrected chi connectivity index (χ3v) is 2.49. The minimum absolute atomic E-state index is 0.0196. The van der Waals surface area contributed by atoms with Crippen molar-refractivity contribution in [3.8, 4) is 0 Å². The van der Waals surface area contributed by atoms with E-state index in [2.05, 4.69) is 19.1 Å². The lowest BCUT2D eigenvalue weighted by molar-refractivity contribution is -0.147. The second-order valence-corrected chi connectivity index (χ2v) is 4.75. The highest BCUT2D eigenvalue weighted by Gasteiger charge is 2.04. The van der Waals surface area contributed by atoms with Gasteiger partial charge in [-0.05, 0) is 39.5 Å². The molecule has 0 bridgehead atoms. The molecule has 0 saturated heterocycles. The Kier molecular flexibility index (Phi) is 11.1. The van der Waals surface area contributed by atoms with E-state index in [1.54, 1.807) is 0 Å². The summed E-state index contributed by atoms with van der Waals surface area (Å²) in [5.41, 5.74) is 0. The molecule has 0 saturated carbocycles. The van der Waals surface area contributed by atoms with Crippen LogP contribution in [0.25, 0.3) is 0 Å². The highest BCUT2D eigenvalue weighted by atomic mass is 16.5. The van der Waals surface area contributed by atoms with Crippen molar-refractivity contribution in [3.63, 3.8) is 0 Å². The van der Waals surface area contributed by atoms with Gasteiger partial charge in [0.2, 0.25) is 0 Å². The van der Waals surface area contributed by atoms with Crippen molar-refractivity contribution in [1.82, 2.24) is 0 Å². The number of unbranched alkanes of at least 4 members (excludes halogenated alkanes) is 5. The fourth-order valence-corrected chi connectivity index (χ4v) is 1.61. The van der Waals surface area contributed by atoms with Gasteiger partial charge in [-0.2, -0.15) is 0 Å². The van der Waals surface area contributed by atoms with Crippen LogP contribution in [-0.2, 0) is 9.53 Å². The largest absolute Gasteiger partial charge is 0.463 e. The Morgan fingerprint density at radius 2 is 1.71 bits per heavy atom. The van der Waals surface area contributed by atoms with Gasteiger partial charge in [0.15, 0.2) is 0 Å². The molecule has 2 nitrogen and oxygen atoms in total. The number of carbonyl (C=O) groups excluding carboxylic acids is 1. The molecule has 0 aliphatic heterocycles. The van der Waals surface area contributed by atoms with Crippen molar-refractivity contribution in [2.24, 2.45) is 0 Å². The minimum Gasteiger partial charge on any atom is -0.463 e. The van der Waals surface area contributed by atoms with Gasteiger partial charge in [0.1, 0.15) is 0 Å². The van der Waals surface area contributed by atoms with Crippen LogP contribution >= 0.6 is 0 Å². The van der Waals surface area contributed by atoms with E-state index >= 15 is 0 Å². The average Bonchev–Trinajstić information content (AvgIpc) is 2.26. The second kappa shape index (κ2) is 11.7. The molecule has 0 aromatic heterocycles. The first kappa shape index (κ1) is 16.2. The van der Waals surface area contributed by atoms with E-state index in [9.17, 15) is 4.79 Å². The summed E-state index contributed by atoms with van der Waals surface area (Å²) in [4.78, 5) is 11.2. The molecule has 0 aliphatic rings. The van der Waals surface area contributed by atoms with Gasteiger partial charge in [0.25, 0.3) is 0 Å². The molecule has 0 spiro atoms. The van der Waals surface area contributed by atoms with Crippen LogP contribution in [0.1, 0.15) is 72.1 Å². The van der Waals surface area contributed by atoms with Crippen molar-refractivity contribution < 1.29 is 9.53 Å². The maximum atomic E-state index is 11.2. The first-order valence-corrected chi connectivity index (χ1v) is 7.01. The zero-order valence-corrected chi connectivity index (χ0v) is 11.7. The molecule has 0 N–H and O–H groups in total. The molecule has 0 fully saturated rings. The molecule has 0 rings (SSSR count). The molecule has 17 heavy (non-hydrogen) atoms. The Hall–Kier alpha value is -0.790. The monoisotopic (exact) mass is 240 g/mol. The maximum absolute atomic E-state index is 11.2. The molecule has 0 radical (unpaired) electrons. The molecule has 0 unspecified atom stereocenters. The molecule has 0 aromatic carbocycles. The fourth-order valence-electron chi connectivity index (χ4n) is 1.61. The molecule has 2 heteroatoms. The Bertz CT molecular complexity index is 207. The Balaban J connectivity index is 3.21. The smallest absolute Gasteiger partial charge is 0.306 e. The summed E-state index contributed by atoms with van der Waals surface area (Å²) < 4.78 is 5.07. The number of carbonyl (C=O) groups is 1. The topological polar surface area (TPSA) is 26.3 Å². The fraction of sp³-hybridized carbons (Fsp3) is 0.800. The molecule has 0 aliphatic carbocycles. The van der Waals surface area contributed by atoms with Crippen molar-refractivity contribution in [2.45, 2.75) is 78.2 Å². The van der Waals surface area contributed by atoms with Gasteiger partial charge in [-0.1, -0.05) is 38.3 Å². The van der Waals surface area contributed by atoms with Crippen LogP contribution in [0, 0.1) is 0 Å². The predicted molar refractivity (Wildman–Crippen MR) is 73.0 cm³/mol. The molecule has 0 aromatic rings. The van der Waals surface area contributed by atoms with Gasteiger partial charge >= 0.3 is 5.97 Å². The number of hydrogen-bond acceptors (Lipinski definition) is 2. The van der Waals surface area contributed by atoms with Crippen molar-refractivity contribution in [1.29, 1.82) is 0 Å². The van der Waals surface area contributed by atoms with E-state index < -0.39 is 0 Å². The molecule has 0 atom stereocenters. The number of hydrogen-bond donors (Lipinski definition) is 0. The summed E-state index contributed by atoms with van der Waals surface area (Å²) in [6, 6.07) is 0. The van der Waals surface area contributed by atoms with Crippen LogP contribution in [0.15, 0.2) is 12.2 Å². The lowest BCUT2D eigenvalue weighted by Gasteiger charge is -2.07. The van der Waals surface area contributed by atoms with Gasteiger partial charge in [-0.3, -0.25) is 4.79 Å². The predicted octanol–water partition coefficient (Wildman–Crippen LogP) is 4.63. The number of rotatable bonds is 10. The van der Waals surface area contributed by atoms with Crippen molar-refractivity contribution in [2.75, 3.05) is 0 Å². The summed E-state index contributed by atoms with van der Waals surface area (Å²) >= 11 is 0. The van der Waals surface area contributed by atoms with Crippen LogP contribution in [0.3, 0.4) is 0 Å². The van der Waals surface area contributed by atoms with E-state index in [-0.39, 0.29) is 12.1 Å². The van der Waals surface area contributed by atoms with Crippen LogP contribution in [0.4, 0.5) is 0 Å². The zero-order chi connectivity index (χ0) is 12.9. The van der Waals surface area contributed by atoms with Crippen LogP contribution < -0.4 is 0 Å². The number of esters is 1. The summed E-state index contributed by atoms with van der Waals surface area (Å²) in [5, 5.41) is 0. The first-order valence-electron chi connectivity index (χ1n) is 7.01. The normalized spacial score (nSPS) is 11.3. The van der Waals surface area contributed by atoms with E-state index in [0.717, 1.165) is 12.8 Å². The van der Waals surface area contributed by atoms with E-state index in [4.69, 9.17) is 4.74 Å². The third kappa shape index (κ3) is 13.1. The van der Waals surface area contributed by atoms with Crippen LogP contribution in [0.5, 0.6) is 0 Å². The minimum atomic E-state index is -0.0529. The van der Waals surface area contributed by atoms with E-state index in [1.165, 1.54) is 32.1 Å². The van der Waals surface area contributed by atoms with Gasteiger partial charge in [-0.25, -0.2) is 0 Å². The van der Waals surface area contributed by atoms with Crippen LogP contribution in [0.2, 0.25) is 0 Å². The summed E-state index contributed by atoms with van der Waals surface area (Å²) in [6.07, 6.45) is 13.3. The Morgan fingerprint density at radius 1 is 1.06 bits per heavy atom. The first-order chi connectivity index (χ1) is 8.16. The quantitative estimate of drug-likeness (QED) is 0.316. The molecular weight excluding hydrogens is 212 g/mol. The van der Waals surface area contributed by atoms with Gasteiger partial charge in [0, 0.05) is 6.42 Å². The molecule has 0 amide bonds. The highest BCUT2D eigenvalue weighted by molar-refractivity contribution is 5.69. The van der Waals surface area contributed by atoms with Crippen LogP contribution in [-0.4, -0.2) is 12.1 Å². The molecule has 100 valence electrons. The average molecular weight is 240 g/mol. The summed E-state index contributed by atoms with van der Waals surface area (Å²) in [6.45, 7) is 5.97. The van der Waals surface area contributed by atoms with Gasteiger partial charge < -0.3 is 4.74 Å².